The standard InChI is InChI=1S/C39H25N3/c1-40-32-24-29(25-33(27-32)41-2)28-14-13-19-34(26-28)42-37-22-11-9-20-35(37)39(30-15-5-3-6-16-30,31-17-7-4-8-18-31)36-21-10-12-23-38(36)42/h3-27H. The van der Waals surface area contributed by atoms with Crippen molar-refractivity contribution in [3.05, 3.63) is 197 Å². The average molecular weight is 536 g/mol. The molecule has 6 aromatic rings. The molecule has 7 rings (SSSR count). The molecular formula is C39H25N3. The van der Waals surface area contributed by atoms with Crippen molar-refractivity contribution < 1.29 is 0 Å². The minimum absolute atomic E-state index is 0.466. The van der Waals surface area contributed by atoms with Gasteiger partial charge in [-0.1, -0.05) is 127 Å². The summed E-state index contributed by atoms with van der Waals surface area (Å²) in [4.78, 5) is 9.55. The van der Waals surface area contributed by atoms with E-state index in [4.69, 9.17) is 13.1 Å². The maximum atomic E-state index is 7.53. The quantitative estimate of drug-likeness (QED) is 0.204. The van der Waals surface area contributed by atoms with Crippen LogP contribution in [0.1, 0.15) is 22.3 Å². The zero-order chi connectivity index (χ0) is 28.5. The SMILES string of the molecule is [C-]#[N+]c1cc([N+]#[C-])cc(-c2cccc(N3c4ccccc4C(c4ccccc4)(c4ccccc4)c4ccccc43)c2)c1. The maximum absolute atomic E-state index is 7.53. The molecule has 0 saturated heterocycles. The number of rotatable bonds is 4. The first kappa shape index (κ1) is 25.1. The highest BCUT2D eigenvalue weighted by atomic mass is 15.2. The largest absolute Gasteiger partial charge is 0.310 e. The molecule has 0 aromatic heterocycles. The third kappa shape index (κ3) is 3.88. The van der Waals surface area contributed by atoms with Crippen LogP contribution in [-0.2, 0) is 5.41 Å². The summed E-state index contributed by atoms with van der Waals surface area (Å²) in [5.74, 6) is 0. The molecule has 3 nitrogen and oxygen atoms in total. The van der Waals surface area contributed by atoms with Crippen molar-refractivity contribution in [1.82, 2.24) is 0 Å². The highest BCUT2D eigenvalue weighted by molar-refractivity contribution is 5.90. The van der Waals surface area contributed by atoms with Gasteiger partial charge in [0.1, 0.15) is 0 Å². The van der Waals surface area contributed by atoms with Crippen LogP contribution in [0, 0.1) is 13.1 Å². The first-order valence-corrected chi connectivity index (χ1v) is 13.8. The second kappa shape index (κ2) is 10.3. The molecule has 0 unspecified atom stereocenters. The molecule has 42 heavy (non-hydrogen) atoms. The zero-order valence-electron chi connectivity index (χ0n) is 22.8. The number of nitrogens with zero attached hydrogens (tertiary/aromatic N) is 3. The van der Waals surface area contributed by atoms with Gasteiger partial charge in [-0.05, 0) is 57.6 Å². The Morgan fingerprint density at radius 3 is 1.48 bits per heavy atom. The second-order valence-electron chi connectivity index (χ2n) is 10.4. The third-order valence-electron chi connectivity index (χ3n) is 8.11. The van der Waals surface area contributed by atoms with Gasteiger partial charge in [0.25, 0.3) is 0 Å². The Kier molecular flexibility index (Phi) is 6.12. The van der Waals surface area contributed by atoms with Crippen LogP contribution in [-0.4, -0.2) is 0 Å². The summed E-state index contributed by atoms with van der Waals surface area (Å²) < 4.78 is 0. The molecule has 196 valence electrons. The smallest absolute Gasteiger partial charge is 0.177 e. The fourth-order valence-corrected chi connectivity index (χ4v) is 6.40. The Labute approximate surface area is 246 Å². The van der Waals surface area contributed by atoms with Crippen molar-refractivity contribution >= 4 is 28.4 Å². The fraction of sp³-hybridized carbons (Fsp3) is 0.0256. The van der Waals surface area contributed by atoms with Crippen LogP contribution in [0.5, 0.6) is 0 Å². The maximum Gasteiger partial charge on any atom is 0.177 e. The zero-order valence-corrected chi connectivity index (χ0v) is 22.8. The van der Waals surface area contributed by atoms with Crippen molar-refractivity contribution in [2.45, 2.75) is 5.41 Å². The number of para-hydroxylation sites is 2. The monoisotopic (exact) mass is 535 g/mol. The van der Waals surface area contributed by atoms with E-state index in [1.165, 1.54) is 22.3 Å². The molecule has 0 aliphatic carbocycles. The van der Waals surface area contributed by atoms with Gasteiger partial charge >= 0.3 is 0 Å². The van der Waals surface area contributed by atoms with Gasteiger partial charge in [0.2, 0.25) is 0 Å². The summed E-state index contributed by atoms with van der Waals surface area (Å²) in [6.45, 7) is 15.1. The molecule has 3 heteroatoms. The first-order valence-electron chi connectivity index (χ1n) is 13.8. The van der Waals surface area contributed by atoms with Crippen molar-refractivity contribution in [1.29, 1.82) is 0 Å². The normalized spacial score (nSPS) is 12.9. The summed E-state index contributed by atoms with van der Waals surface area (Å²) in [5.41, 5.74) is 10.3. The van der Waals surface area contributed by atoms with E-state index in [1.807, 2.05) is 24.3 Å². The van der Waals surface area contributed by atoms with Gasteiger partial charge in [-0.3, -0.25) is 0 Å². The Morgan fingerprint density at radius 1 is 0.452 bits per heavy atom. The summed E-state index contributed by atoms with van der Waals surface area (Å²) in [6, 6.07) is 52.7. The van der Waals surface area contributed by atoms with Gasteiger partial charge in [-0.25, -0.2) is 9.69 Å². The van der Waals surface area contributed by atoms with Gasteiger partial charge in [0.05, 0.1) is 29.9 Å². The molecule has 0 atom stereocenters. The number of anilines is 3. The Bertz CT molecular complexity index is 1890. The number of fused-ring (bicyclic) bond motifs is 2. The number of hydrogen-bond acceptors (Lipinski definition) is 1. The second-order valence-corrected chi connectivity index (χ2v) is 10.4. The van der Waals surface area contributed by atoms with Crippen LogP contribution in [0.15, 0.2) is 152 Å². The average Bonchev–Trinajstić information content (AvgIpc) is 3.07. The van der Waals surface area contributed by atoms with Crippen LogP contribution < -0.4 is 4.90 Å². The molecular weight excluding hydrogens is 510 g/mol. The summed E-state index contributed by atoms with van der Waals surface area (Å²) in [7, 11) is 0. The lowest BCUT2D eigenvalue weighted by Crippen LogP contribution is -2.37. The molecule has 1 heterocycles. The summed E-state index contributed by atoms with van der Waals surface area (Å²) in [6.07, 6.45) is 0. The van der Waals surface area contributed by atoms with E-state index >= 15 is 0 Å². The lowest BCUT2D eigenvalue weighted by molar-refractivity contribution is 0.731. The Morgan fingerprint density at radius 2 is 0.952 bits per heavy atom. The molecule has 1 aliphatic rings. The van der Waals surface area contributed by atoms with Gasteiger partial charge in [-0.2, -0.15) is 0 Å². The Balaban J connectivity index is 1.51. The van der Waals surface area contributed by atoms with Crippen LogP contribution >= 0.6 is 0 Å². The van der Waals surface area contributed by atoms with E-state index < -0.39 is 5.41 Å². The molecule has 0 spiro atoms. The molecule has 0 fully saturated rings. The van der Waals surface area contributed by atoms with E-state index in [0.717, 1.165) is 28.2 Å². The van der Waals surface area contributed by atoms with E-state index in [2.05, 4.69) is 136 Å². The van der Waals surface area contributed by atoms with E-state index in [1.54, 1.807) is 6.07 Å². The van der Waals surface area contributed by atoms with Crippen molar-refractivity contribution in [3.63, 3.8) is 0 Å². The van der Waals surface area contributed by atoms with E-state index in [-0.39, 0.29) is 0 Å². The van der Waals surface area contributed by atoms with Gasteiger partial charge < -0.3 is 4.90 Å². The molecule has 6 aromatic carbocycles. The molecule has 0 saturated carbocycles. The Hall–Kier alpha value is -5.90. The minimum Gasteiger partial charge on any atom is -0.310 e. The third-order valence-corrected chi connectivity index (χ3v) is 8.11. The predicted molar refractivity (Wildman–Crippen MR) is 171 cm³/mol. The first-order chi connectivity index (χ1) is 20.7. The molecule has 0 radical (unpaired) electrons. The lowest BCUT2D eigenvalue weighted by Gasteiger charge is -2.46. The predicted octanol–water partition coefficient (Wildman–Crippen LogP) is 10.6. The van der Waals surface area contributed by atoms with E-state index in [9.17, 15) is 0 Å². The minimum atomic E-state index is -0.516. The highest BCUT2D eigenvalue weighted by Crippen LogP contribution is 2.57. The van der Waals surface area contributed by atoms with Gasteiger partial charge in [0, 0.05) is 5.69 Å². The summed E-state index contributed by atoms with van der Waals surface area (Å²) >= 11 is 0. The van der Waals surface area contributed by atoms with Crippen LogP contribution in [0.2, 0.25) is 0 Å². The molecule has 0 bridgehead atoms. The number of hydrogen-bond donors (Lipinski definition) is 0. The molecule has 0 amide bonds. The van der Waals surface area contributed by atoms with Crippen molar-refractivity contribution in [3.8, 4) is 11.1 Å². The van der Waals surface area contributed by atoms with Crippen LogP contribution in [0.4, 0.5) is 28.4 Å². The molecule has 0 N–H and O–H groups in total. The van der Waals surface area contributed by atoms with Crippen LogP contribution in [0.3, 0.4) is 0 Å². The summed E-state index contributed by atoms with van der Waals surface area (Å²) in [5, 5.41) is 0. The highest BCUT2D eigenvalue weighted by Gasteiger charge is 2.46. The van der Waals surface area contributed by atoms with E-state index in [0.29, 0.717) is 11.4 Å². The van der Waals surface area contributed by atoms with Gasteiger partial charge in [-0.15, -0.1) is 0 Å². The van der Waals surface area contributed by atoms with Crippen molar-refractivity contribution in [2.75, 3.05) is 4.90 Å². The number of benzene rings is 6. The fourth-order valence-electron chi connectivity index (χ4n) is 6.40. The molecule has 1 aliphatic heterocycles. The van der Waals surface area contributed by atoms with Crippen LogP contribution in [0.25, 0.3) is 20.8 Å². The van der Waals surface area contributed by atoms with Crippen molar-refractivity contribution in [2.24, 2.45) is 0 Å². The van der Waals surface area contributed by atoms with Gasteiger partial charge in [0.15, 0.2) is 11.4 Å². The topological polar surface area (TPSA) is 12.0 Å². The lowest BCUT2D eigenvalue weighted by atomic mass is 9.62.